The lowest BCUT2D eigenvalue weighted by molar-refractivity contribution is -0.128. The molecule has 1 aliphatic rings. The lowest BCUT2D eigenvalue weighted by atomic mass is 9.89. The van der Waals surface area contributed by atoms with Gasteiger partial charge in [0.2, 0.25) is 15.9 Å². The second-order valence-corrected chi connectivity index (χ2v) is 7.92. The molecule has 0 aliphatic carbocycles. The lowest BCUT2D eigenvalue weighted by Gasteiger charge is -2.22. The molecule has 1 N–H and O–H groups in total. The van der Waals surface area contributed by atoms with E-state index in [0.717, 1.165) is 0 Å². The average molecular weight is 361 g/mol. The Morgan fingerprint density at radius 3 is 2.65 bits per heavy atom. The van der Waals surface area contributed by atoms with E-state index in [0.29, 0.717) is 17.4 Å². The summed E-state index contributed by atoms with van der Waals surface area (Å²) in [7, 11) is -2.01. The lowest BCUT2D eigenvalue weighted by Crippen LogP contribution is -2.40. The van der Waals surface area contributed by atoms with Gasteiger partial charge in [0.15, 0.2) is 0 Å². The van der Waals surface area contributed by atoms with E-state index in [1.54, 1.807) is 38.2 Å². The van der Waals surface area contributed by atoms with Crippen LogP contribution in [-0.2, 0) is 14.8 Å². The number of amides is 1. The SMILES string of the molecule is CNC(=O)C1(C)CCN(S(=O)(=O)c2ccccc2Br)C1. The first-order chi connectivity index (χ1) is 9.31. The largest absolute Gasteiger partial charge is 0.359 e. The third kappa shape index (κ3) is 2.62. The van der Waals surface area contributed by atoms with Crippen LogP contribution in [-0.4, -0.2) is 38.8 Å². The van der Waals surface area contributed by atoms with Gasteiger partial charge in [-0.25, -0.2) is 8.42 Å². The third-order valence-electron chi connectivity index (χ3n) is 3.67. The Morgan fingerprint density at radius 2 is 2.05 bits per heavy atom. The van der Waals surface area contributed by atoms with Gasteiger partial charge < -0.3 is 5.32 Å². The van der Waals surface area contributed by atoms with Crippen LogP contribution >= 0.6 is 15.9 Å². The first kappa shape index (κ1) is 15.5. The number of sulfonamides is 1. The molecule has 7 heteroatoms. The number of carbonyl (C=O) groups excluding carboxylic acids is 1. The van der Waals surface area contributed by atoms with Crippen molar-refractivity contribution >= 4 is 31.9 Å². The number of benzene rings is 1. The van der Waals surface area contributed by atoms with Gasteiger partial charge in [0.25, 0.3) is 0 Å². The van der Waals surface area contributed by atoms with Crippen molar-refractivity contribution in [2.45, 2.75) is 18.2 Å². The zero-order valence-electron chi connectivity index (χ0n) is 11.4. The predicted octanol–water partition coefficient (Wildman–Crippen LogP) is 1.60. The maximum atomic E-state index is 12.6. The van der Waals surface area contributed by atoms with Gasteiger partial charge in [-0.1, -0.05) is 12.1 Å². The Balaban J connectivity index is 2.30. The number of nitrogens with one attached hydrogen (secondary N) is 1. The highest BCUT2D eigenvalue weighted by atomic mass is 79.9. The van der Waals surface area contributed by atoms with Crippen LogP contribution in [0.1, 0.15) is 13.3 Å². The molecule has 1 saturated heterocycles. The normalized spacial score (nSPS) is 23.8. The van der Waals surface area contributed by atoms with Crippen molar-refractivity contribution in [3.63, 3.8) is 0 Å². The van der Waals surface area contributed by atoms with Crippen molar-refractivity contribution in [3.8, 4) is 0 Å². The van der Waals surface area contributed by atoms with Gasteiger partial charge in [-0.05, 0) is 41.4 Å². The Hall–Kier alpha value is -0.920. The number of hydrogen-bond donors (Lipinski definition) is 1. The Kier molecular flexibility index (Phi) is 4.22. The van der Waals surface area contributed by atoms with Crippen molar-refractivity contribution in [1.29, 1.82) is 0 Å². The fourth-order valence-corrected chi connectivity index (χ4v) is 4.93. The molecule has 1 amide bonds. The smallest absolute Gasteiger partial charge is 0.244 e. The molecule has 1 aliphatic heterocycles. The Bertz CT molecular complexity index is 632. The van der Waals surface area contributed by atoms with Crippen molar-refractivity contribution in [3.05, 3.63) is 28.7 Å². The summed E-state index contributed by atoms with van der Waals surface area (Å²) in [6, 6.07) is 6.71. The molecule has 0 spiro atoms. The van der Waals surface area contributed by atoms with E-state index >= 15 is 0 Å². The van der Waals surface area contributed by atoms with Crippen LogP contribution in [0, 0.1) is 5.41 Å². The molecule has 0 bridgehead atoms. The van der Waals surface area contributed by atoms with Gasteiger partial charge in [0.05, 0.1) is 10.3 Å². The van der Waals surface area contributed by atoms with E-state index in [4.69, 9.17) is 0 Å². The van der Waals surface area contributed by atoms with Crippen LogP contribution in [0.2, 0.25) is 0 Å². The monoisotopic (exact) mass is 360 g/mol. The summed E-state index contributed by atoms with van der Waals surface area (Å²) in [5.74, 6) is -0.123. The minimum atomic E-state index is -3.58. The molecular weight excluding hydrogens is 344 g/mol. The van der Waals surface area contributed by atoms with E-state index < -0.39 is 15.4 Å². The minimum absolute atomic E-state index is 0.123. The summed E-state index contributed by atoms with van der Waals surface area (Å²) in [6.45, 7) is 2.35. The molecule has 1 atom stereocenters. The maximum Gasteiger partial charge on any atom is 0.244 e. The highest BCUT2D eigenvalue weighted by Gasteiger charge is 2.44. The minimum Gasteiger partial charge on any atom is -0.359 e. The van der Waals surface area contributed by atoms with Crippen LogP contribution in [0.25, 0.3) is 0 Å². The van der Waals surface area contributed by atoms with Gasteiger partial charge in [-0.2, -0.15) is 4.31 Å². The van der Waals surface area contributed by atoms with Crippen molar-refractivity contribution in [2.24, 2.45) is 5.41 Å². The summed E-state index contributed by atoms with van der Waals surface area (Å²) in [6.07, 6.45) is 0.524. The summed E-state index contributed by atoms with van der Waals surface area (Å²) in [5, 5.41) is 2.60. The molecule has 1 heterocycles. The molecule has 0 aromatic heterocycles. The molecule has 1 aromatic rings. The third-order valence-corrected chi connectivity index (χ3v) is 6.53. The number of carbonyl (C=O) groups is 1. The molecule has 1 aromatic carbocycles. The van der Waals surface area contributed by atoms with Crippen molar-refractivity contribution < 1.29 is 13.2 Å². The van der Waals surface area contributed by atoms with Gasteiger partial charge in [-0.15, -0.1) is 0 Å². The van der Waals surface area contributed by atoms with E-state index in [2.05, 4.69) is 21.2 Å². The zero-order valence-corrected chi connectivity index (χ0v) is 13.8. The molecule has 5 nitrogen and oxygen atoms in total. The fourth-order valence-electron chi connectivity index (χ4n) is 2.40. The number of hydrogen-bond acceptors (Lipinski definition) is 3. The van der Waals surface area contributed by atoms with Crippen LogP contribution in [0.3, 0.4) is 0 Å². The quantitative estimate of drug-likeness (QED) is 0.889. The number of nitrogens with zero attached hydrogens (tertiary/aromatic N) is 1. The summed E-state index contributed by atoms with van der Waals surface area (Å²) >= 11 is 3.27. The summed E-state index contributed by atoms with van der Waals surface area (Å²) in [5.41, 5.74) is -0.664. The summed E-state index contributed by atoms with van der Waals surface area (Å²) < 4.78 is 27.1. The maximum absolute atomic E-state index is 12.6. The van der Waals surface area contributed by atoms with E-state index in [1.807, 2.05) is 0 Å². The van der Waals surface area contributed by atoms with Crippen LogP contribution in [0.15, 0.2) is 33.6 Å². The molecule has 0 radical (unpaired) electrons. The Morgan fingerprint density at radius 1 is 1.40 bits per heavy atom. The predicted molar refractivity (Wildman–Crippen MR) is 79.7 cm³/mol. The summed E-state index contributed by atoms with van der Waals surface area (Å²) in [4.78, 5) is 12.1. The van der Waals surface area contributed by atoms with E-state index in [9.17, 15) is 13.2 Å². The van der Waals surface area contributed by atoms with Gasteiger partial charge in [-0.3, -0.25) is 4.79 Å². The number of rotatable bonds is 3. The zero-order chi connectivity index (χ0) is 15.0. The topological polar surface area (TPSA) is 66.5 Å². The second-order valence-electron chi connectivity index (χ2n) is 5.16. The molecule has 2 rings (SSSR count). The van der Waals surface area contributed by atoms with Crippen LogP contribution in [0.4, 0.5) is 0 Å². The van der Waals surface area contributed by atoms with Crippen molar-refractivity contribution in [2.75, 3.05) is 20.1 Å². The molecule has 1 fully saturated rings. The van der Waals surface area contributed by atoms with Gasteiger partial charge >= 0.3 is 0 Å². The standard InChI is InChI=1S/C13H17BrN2O3S/c1-13(12(17)15-2)7-8-16(9-13)20(18,19)11-6-4-3-5-10(11)14/h3-6H,7-9H2,1-2H3,(H,15,17). The first-order valence-corrected chi connectivity index (χ1v) is 8.51. The Labute approximate surface area is 127 Å². The van der Waals surface area contributed by atoms with Gasteiger partial charge in [0.1, 0.15) is 0 Å². The first-order valence-electron chi connectivity index (χ1n) is 6.28. The molecule has 20 heavy (non-hydrogen) atoms. The second kappa shape index (κ2) is 5.46. The van der Waals surface area contributed by atoms with Crippen LogP contribution < -0.4 is 5.32 Å². The molecule has 0 saturated carbocycles. The average Bonchev–Trinajstić information content (AvgIpc) is 2.83. The molecule has 1 unspecified atom stereocenters. The highest BCUT2D eigenvalue weighted by molar-refractivity contribution is 9.10. The molecule has 110 valence electrons. The number of halogens is 1. The van der Waals surface area contributed by atoms with Crippen LogP contribution in [0.5, 0.6) is 0 Å². The fraction of sp³-hybridized carbons (Fsp3) is 0.462. The molecular formula is C13H17BrN2O3S. The van der Waals surface area contributed by atoms with Gasteiger partial charge in [0, 0.05) is 24.6 Å². The highest BCUT2D eigenvalue weighted by Crippen LogP contribution is 2.35. The van der Waals surface area contributed by atoms with E-state index in [-0.39, 0.29) is 17.3 Å². The van der Waals surface area contributed by atoms with Crippen molar-refractivity contribution in [1.82, 2.24) is 9.62 Å². The van der Waals surface area contributed by atoms with E-state index in [1.165, 1.54) is 4.31 Å².